The predicted molar refractivity (Wildman–Crippen MR) is 110 cm³/mol. The first-order chi connectivity index (χ1) is 13.6. The van der Waals surface area contributed by atoms with Crippen molar-refractivity contribution >= 4 is 33.2 Å². The molecule has 1 aliphatic rings. The highest BCUT2D eigenvalue weighted by Crippen LogP contribution is 2.42. The monoisotopic (exact) mass is 465 g/mol. The lowest BCUT2D eigenvalue weighted by atomic mass is 9.85. The zero-order valence-corrected chi connectivity index (χ0v) is 17.0. The molecule has 0 saturated heterocycles. The molecule has 0 aromatic heterocycles. The summed E-state index contributed by atoms with van der Waals surface area (Å²) in [5.74, 6) is -5.01. The number of aliphatic carboxylic acids is 1. The van der Waals surface area contributed by atoms with Crippen LogP contribution in [0.5, 0.6) is 0 Å². The van der Waals surface area contributed by atoms with Crippen LogP contribution >= 0.6 is 15.9 Å². The maximum absolute atomic E-state index is 14.1. The molecule has 0 fully saturated rings. The van der Waals surface area contributed by atoms with Crippen molar-refractivity contribution in [3.63, 3.8) is 0 Å². The van der Waals surface area contributed by atoms with Crippen LogP contribution in [0, 0.1) is 16.0 Å². The van der Waals surface area contributed by atoms with Crippen LogP contribution in [0.15, 0.2) is 76.8 Å². The fraction of sp³-hybridized carbons (Fsp3) is 0.190. The molecule has 1 atom stereocenters. The minimum atomic E-state index is -3.03. The lowest BCUT2D eigenvalue weighted by Crippen LogP contribution is -2.25. The number of nitro groups is 1. The van der Waals surface area contributed by atoms with Gasteiger partial charge in [0.05, 0.1) is 15.3 Å². The molecule has 29 heavy (non-hydrogen) atoms. The lowest BCUT2D eigenvalue weighted by molar-refractivity contribution is -0.385. The Morgan fingerprint density at radius 3 is 2.21 bits per heavy atom. The lowest BCUT2D eigenvalue weighted by Gasteiger charge is -2.26. The van der Waals surface area contributed by atoms with Gasteiger partial charge in [0.25, 0.3) is 11.6 Å². The molecule has 0 bridgehead atoms. The molecule has 1 N–H and O–H groups in total. The van der Waals surface area contributed by atoms with Gasteiger partial charge < -0.3 is 5.11 Å². The Balaban J connectivity index is 0.000000253. The van der Waals surface area contributed by atoms with Crippen molar-refractivity contribution in [2.45, 2.75) is 19.3 Å². The van der Waals surface area contributed by atoms with E-state index < -0.39 is 29.2 Å². The Bertz CT molecular complexity index is 958. The second-order valence-electron chi connectivity index (χ2n) is 6.34. The quantitative estimate of drug-likeness (QED) is 0.435. The topological polar surface area (TPSA) is 80.4 Å². The van der Waals surface area contributed by atoms with E-state index in [-0.39, 0.29) is 16.8 Å². The van der Waals surface area contributed by atoms with E-state index in [1.807, 2.05) is 0 Å². The number of carboxylic acid groups (broad SMARTS) is 1. The van der Waals surface area contributed by atoms with Gasteiger partial charge in [-0.1, -0.05) is 60.2 Å². The second-order valence-corrected chi connectivity index (χ2v) is 7.19. The van der Waals surface area contributed by atoms with Crippen molar-refractivity contribution < 1.29 is 23.6 Å². The number of carbonyl (C=O) groups is 1. The van der Waals surface area contributed by atoms with Crippen molar-refractivity contribution in [2.24, 2.45) is 5.92 Å². The van der Waals surface area contributed by atoms with Crippen molar-refractivity contribution in [3.8, 4) is 0 Å². The van der Waals surface area contributed by atoms with Crippen LogP contribution in [0.3, 0.4) is 0 Å². The van der Waals surface area contributed by atoms with Crippen molar-refractivity contribution in [2.75, 3.05) is 0 Å². The van der Waals surface area contributed by atoms with Crippen LogP contribution in [0.4, 0.5) is 14.5 Å². The summed E-state index contributed by atoms with van der Waals surface area (Å²) in [6.07, 6.45) is 2.29. The van der Waals surface area contributed by atoms with Crippen molar-refractivity contribution in [3.05, 3.63) is 92.5 Å². The number of hydrogen-bond donors (Lipinski definition) is 1. The molecule has 1 aliphatic carbocycles. The van der Waals surface area contributed by atoms with E-state index in [4.69, 9.17) is 5.11 Å². The Morgan fingerprint density at radius 1 is 1.14 bits per heavy atom. The maximum atomic E-state index is 14.1. The van der Waals surface area contributed by atoms with E-state index in [0.717, 1.165) is 0 Å². The fourth-order valence-corrected chi connectivity index (χ4v) is 3.13. The molecule has 0 radical (unpaired) electrons. The van der Waals surface area contributed by atoms with Crippen LogP contribution < -0.4 is 0 Å². The SMILES string of the molecule is CC(C(=O)O)C1=CC=C(c2ccccc2)C(F)(F)C1.O=[N+]([O-])c1ccccc1Br. The number of halogens is 3. The minimum absolute atomic E-state index is 0.0607. The number of allylic oxidation sites excluding steroid dienone is 3. The van der Waals surface area contributed by atoms with Gasteiger partial charge in [-0.15, -0.1) is 0 Å². The van der Waals surface area contributed by atoms with E-state index in [0.29, 0.717) is 10.0 Å². The Labute approximate surface area is 174 Å². The zero-order valence-electron chi connectivity index (χ0n) is 15.4. The van der Waals surface area contributed by atoms with Gasteiger partial charge in [0, 0.05) is 18.1 Å². The maximum Gasteiger partial charge on any atom is 0.310 e. The number of benzene rings is 2. The molecule has 2 aromatic rings. The first-order valence-electron chi connectivity index (χ1n) is 8.59. The summed E-state index contributed by atoms with van der Waals surface area (Å²) in [7, 11) is 0. The van der Waals surface area contributed by atoms with Crippen LogP contribution in [0.25, 0.3) is 5.57 Å². The molecule has 0 aliphatic heterocycles. The predicted octanol–water partition coefficient (Wildman–Crippen LogP) is 6.11. The fourth-order valence-electron chi connectivity index (χ4n) is 2.70. The van der Waals surface area contributed by atoms with Crippen LogP contribution in [-0.4, -0.2) is 21.9 Å². The van der Waals surface area contributed by atoms with E-state index in [1.54, 1.807) is 48.5 Å². The summed E-state index contributed by atoms with van der Waals surface area (Å²) >= 11 is 3.06. The average molecular weight is 466 g/mol. The largest absolute Gasteiger partial charge is 0.481 e. The molecule has 0 spiro atoms. The summed E-state index contributed by atoms with van der Waals surface area (Å²) in [5, 5.41) is 19.1. The van der Waals surface area contributed by atoms with Gasteiger partial charge in [-0.2, -0.15) is 0 Å². The number of rotatable bonds is 4. The standard InChI is InChI=1S/C15H14F2O2.C6H4BrNO2/c1-10(14(18)19)12-7-8-13(15(16,17)9-12)11-5-3-2-4-6-11;7-5-3-1-2-4-6(5)8(9)10/h2-8,10H,9H2,1H3,(H,18,19);1-4H. The Morgan fingerprint density at radius 2 is 1.72 bits per heavy atom. The van der Waals surface area contributed by atoms with E-state index >= 15 is 0 Å². The molecular formula is C21H18BrF2NO4. The molecule has 0 saturated carbocycles. The van der Waals surface area contributed by atoms with Gasteiger partial charge in [-0.3, -0.25) is 14.9 Å². The smallest absolute Gasteiger partial charge is 0.310 e. The van der Waals surface area contributed by atoms with Crippen molar-refractivity contribution in [1.29, 1.82) is 0 Å². The highest BCUT2D eigenvalue weighted by atomic mass is 79.9. The van der Waals surface area contributed by atoms with Gasteiger partial charge in [-0.05, 0) is 34.5 Å². The molecule has 1 unspecified atom stereocenters. The first kappa shape index (κ1) is 22.4. The third-order valence-electron chi connectivity index (χ3n) is 4.34. The van der Waals surface area contributed by atoms with Gasteiger partial charge >= 0.3 is 5.97 Å². The molecule has 152 valence electrons. The summed E-state index contributed by atoms with van der Waals surface area (Å²) in [5.41, 5.74) is 0.750. The molecule has 0 heterocycles. The molecule has 0 amide bonds. The van der Waals surface area contributed by atoms with Gasteiger partial charge in [-0.25, -0.2) is 8.78 Å². The highest BCUT2D eigenvalue weighted by molar-refractivity contribution is 9.10. The Hall–Kier alpha value is -2.87. The van der Waals surface area contributed by atoms with Crippen LogP contribution in [-0.2, 0) is 4.79 Å². The van der Waals surface area contributed by atoms with Gasteiger partial charge in [0.2, 0.25) is 0 Å². The normalized spacial score (nSPS) is 15.9. The number of nitrogens with zero attached hydrogens (tertiary/aromatic N) is 1. The summed E-state index contributed by atoms with van der Waals surface area (Å²) < 4.78 is 28.8. The second kappa shape index (κ2) is 9.56. The minimum Gasteiger partial charge on any atom is -0.481 e. The molecule has 5 nitrogen and oxygen atoms in total. The first-order valence-corrected chi connectivity index (χ1v) is 9.39. The van der Waals surface area contributed by atoms with Crippen LogP contribution in [0.1, 0.15) is 18.9 Å². The van der Waals surface area contributed by atoms with E-state index in [2.05, 4.69) is 15.9 Å². The molecular weight excluding hydrogens is 448 g/mol. The third kappa shape index (κ3) is 5.80. The number of nitro benzene ring substituents is 1. The number of carboxylic acids is 1. The summed E-state index contributed by atoms with van der Waals surface area (Å²) in [4.78, 5) is 20.6. The zero-order chi connectivity index (χ0) is 21.6. The number of hydrogen-bond acceptors (Lipinski definition) is 3. The molecule has 3 rings (SSSR count). The molecule has 2 aromatic carbocycles. The third-order valence-corrected chi connectivity index (χ3v) is 5.02. The van der Waals surface area contributed by atoms with E-state index in [9.17, 15) is 23.7 Å². The highest BCUT2D eigenvalue weighted by Gasteiger charge is 2.39. The van der Waals surface area contributed by atoms with E-state index in [1.165, 1.54) is 25.1 Å². The summed E-state index contributed by atoms with van der Waals surface area (Å²) in [6.45, 7) is 1.42. The van der Waals surface area contributed by atoms with Gasteiger partial charge in [0.1, 0.15) is 0 Å². The number of alkyl halides is 2. The molecule has 8 heteroatoms. The van der Waals surface area contributed by atoms with Crippen molar-refractivity contribution in [1.82, 2.24) is 0 Å². The van der Waals surface area contributed by atoms with Crippen LogP contribution in [0.2, 0.25) is 0 Å². The van der Waals surface area contributed by atoms with Gasteiger partial charge in [0.15, 0.2) is 0 Å². The average Bonchev–Trinajstić information content (AvgIpc) is 2.67. The summed E-state index contributed by atoms with van der Waals surface area (Å²) in [6, 6.07) is 14.9. The number of para-hydroxylation sites is 1. The Kier molecular flexibility index (Phi) is 7.39.